The first kappa shape index (κ1) is 21.7. The zero-order valence-electron chi connectivity index (χ0n) is 17.0. The molecular weight excluding hydrogens is 438 g/mol. The van der Waals surface area contributed by atoms with E-state index in [1.54, 1.807) is 6.08 Å². The van der Waals surface area contributed by atoms with Crippen LogP contribution in [0, 0.1) is 6.92 Å². The maximum absolute atomic E-state index is 12.7. The van der Waals surface area contributed by atoms with Crippen LogP contribution in [0.3, 0.4) is 0 Å². The van der Waals surface area contributed by atoms with Crippen molar-refractivity contribution < 1.29 is 14.3 Å². The third-order valence-corrected chi connectivity index (χ3v) is 6.37. The Morgan fingerprint density at radius 1 is 1.29 bits per heavy atom. The minimum Gasteiger partial charge on any atom is -0.460 e. The first-order valence-corrected chi connectivity index (χ1v) is 11.1. The number of hydrogen-bond acceptors (Lipinski definition) is 7. The molecule has 1 saturated heterocycles. The number of nitrogens with zero attached hydrogens (tertiary/aromatic N) is 3. The normalized spacial score (nSPS) is 15.0. The first-order valence-electron chi connectivity index (χ1n) is 9.95. The van der Waals surface area contributed by atoms with Gasteiger partial charge in [-0.15, -0.1) is 0 Å². The highest BCUT2D eigenvalue weighted by Gasteiger charge is 2.17. The van der Waals surface area contributed by atoms with Gasteiger partial charge in [-0.2, -0.15) is 0 Å². The van der Waals surface area contributed by atoms with Gasteiger partial charge in [-0.1, -0.05) is 53.3 Å². The number of aromatic nitrogens is 2. The lowest BCUT2D eigenvalue weighted by atomic mass is 10.1. The topological polar surface area (TPSA) is 73.1 Å². The van der Waals surface area contributed by atoms with Crippen molar-refractivity contribution in [3.05, 3.63) is 67.5 Å². The zero-order valence-corrected chi connectivity index (χ0v) is 18.6. The fourth-order valence-electron chi connectivity index (χ4n) is 3.25. The molecule has 9 heteroatoms. The van der Waals surface area contributed by atoms with Crippen LogP contribution in [0.1, 0.15) is 26.5 Å². The number of halogens is 1. The van der Waals surface area contributed by atoms with Gasteiger partial charge in [-0.25, -0.2) is 9.78 Å². The van der Waals surface area contributed by atoms with Crippen LogP contribution in [0.4, 0.5) is 0 Å². The summed E-state index contributed by atoms with van der Waals surface area (Å²) in [4.78, 5) is 32.5. The molecule has 1 aromatic carbocycles. The monoisotopic (exact) mass is 459 g/mol. The average Bonchev–Trinajstić information content (AvgIpc) is 3.21. The van der Waals surface area contributed by atoms with Gasteiger partial charge in [0.15, 0.2) is 4.96 Å². The third-order valence-electron chi connectivity index (χ3n) is 5.06. The summed E-state index contributed by atoms with van der Waals surface area (Å²) >= 11 is 7.37. The summed E-state index contributed by atoms with van der Waals surface area (Å²) in [5, 5.41) is 0.00682. The quantitative estimate of drug-likeness (QED) is 0.526. The highest BCUT2D eigenvalue weighted by molar-refractivity contribution is 7.18. The molecule has 0 saturated carbocycles. The van der Waals surface area contributed by atoms with Crippen molar-refractivity contribution in [2.45, 2.75) is 6.92 Å². The summed E-state index contributed by atoms with van der Waals surface area (Å²) in [6, 6.07) is 7.88. The standard InChI is InChI=1S/C22H22ClN3O4S/c1-15-4-2-3-5-16(15)6-7-17-19(23)20(27)26-14-18(31-22(26)24-17)21(28)30-13-10-25-8-11-29-12-9-25/h2-7,14H,8-13H2,1H3. The van der Waals surface area contributed by atoms with E-state index in [0.29, 0.717) is 35.3 Å². The van der Waals surface area contributed by atoms with E-state index in [4.69, 9.17) is 21.1 Å². The Bertz CT molecular complexity index is 1180. The van der Waals surface area contributed by atoms with E-state index in [1.165, 1.54) is 10.6 Å². The Kier molecular flexibility index (Phi) is 6.82. The van der Waals surface area contributed by atoms with Gasteiger partial charge in [0.25, 0.3) is 5.56 Å². The molecular formula is C22H22ClN3O4S. The van der Waals surface area contributed by atoms with Crippen molar-refractivity contribution in [3.63, 3.8) is 0 Å². The molecule has 7 nitrogen and oxygen atoms in total. The molecule has 0 spiro atoms. The van der Waals surface area contributed by atoms with Gasteiger partial charge in [0.1, 0.15) is 16.5 Å². The second-order valence-corrected chi connectivity index (χ2v) is 8.53. The molecule has 162 valence electrons. The molecule has 3 heterocycles. The predicted octanol–water partition coefficient (Wildman–Crippen LogP) is 3.38. The Morgan fingerprint density at radius 3 is 2.84 bits per heavy atom. The van der Waals surface area contributed by atoms with Crippen molar-refractivity contribution in [1.82, 2.24) is 14.3 Å². The van der Waals surface area contributed by atoms with Crippen LogP contribution in [-0.4, -0.2) is 59.7 Å². The summed E-state index contributed by atoms with van der Waals surface area (Å²) in [5.41, 5.74) is 2.06. The Hall–Kier alpha value is -2.52. The maximum Gasteiger partial charge on any atom is 0.350 e. The second-order valence-electron chi connectivity index (χ2n) is 7.14. The molecule has 0 bridgehead atoms. The minimum atomic E-state index is -0.476. The van der Waals surface area contributed by atoms with Gasteiger partial charge in [0.2, 0.25) is 0 Å². The number of hydrogen-bond donors (Lipinski definition) is 0. The van der Waals surface area contributed by atoms with Gasteiger partial charge in [-0.3, -0.25) is 14.1 Å². The summed E-state index contributed by atoms with van der Waals surface area (Å²) in [6.45, 7) is 5.98. The molecule has 0 aliphatic carbocycles. The van der Waals surface area contributed by atoms with Crippen molar-refractivity contribution in [3.8, 4) is 0 Å². The third kappa shape index (κ3) is 5.04. The number of rotatable bonds is 6. The van der Waals surface area contributed by atoms with Crippen molar-refractivity contribution >= 4 is 46.0 Å². The van der Waals surface area contributed by atoms with Crippen LogP contribution >= 0.6 is 22.9 Å². The molecule has 0 atom stereocenters. The molecule has 1 aliphatic heterocycles. The van der Waals surface area contributed by atoms with Crippen LogP contribution < -0.4 is 5.56 Å². The SMILES string of the molecule is Cc1ccccc1C=Cc1nc2sc(C(=O)OCCN3CCOCC3)cn2c(=O)c1Cl. The van der Waals surface area contributed by atoms with Crippen molar-refractivity contribution in [1.29, 1.82) is 0 Å². The summed E-state index contributed by atoms with van der Waals surface area (Å²) < 4.78 is 12.0. The van der Waals surface area contributed by atoms with Crippen LogP contribution in [0.2, 0.25) is 5.02 Å². The lowest BCUT2D eigenvalue weighted by Gasteiger charge is -2.26. The highest BCUT2D eigenvalue weighted by Crippen LogP contribution is 2.21. The molecule has 1 fully saturated rings. The molecule has 0 amide bonds. The number of aryl methyl sites for hydroxylation is 1. The lowest BCUT2D eigenvalue weighted by Crippen LogP contribution is -2.38. The molecule has 2 aromatic heterocycles. The number of morpholine rings is 1. The average molecular weight is 460 g/mol. The summed E-state index contributed by atoms with van der Waals surface area (Å²) in [5.74, 6) is -0.476. The van der Waals surface area contributed by atoms with E-state index in [9.17, 15) is 9.59 Å². The van der Waals surface area contributed by atoms with Crippen LogP contribution in [0.5, 0.6) is 0 Å². The Labute approximate surface area is 188 Å². The Balaban J connectivity index is 1.50. The molecule has 0 N–H and O–H groups in total. The number of thiazole rings is 1. The largest absolute Gasteiger partial charge is 0.460 e. The molecule has 0 radical (unpaired) electrons. The number of ether oxygens (including phenoxy) is 2. The smallest absolute Gasteiger partial charge is 0.350 e. The predicted molar refractivity (Wildman–Crippen MR) is 122 cm³/mol. The van der Waals surface area contributed by atoms with Crippen LogP contribution in [0.25, 0.3) is 17.1 Å². The van der Waals surface area contributed by atoms with Crippen molar-refractivity contribution in [2.24, 2.45) is 0 Å². The number of fused-ring (bicyclic) bond motifs is 1. The van der Waals surface area contributed by atoms with E-state index in [1.807, 2.05) is 37.3 Å². The summed E-state index contributed by atoms with van der Waals surface area (Å²) in [7, 11) is 0. The van der Waals surface area contributed by atoms with Crippen molar-refractivity contribution in [2.75, 3.05) is 39.5 Å². The lowest BCUT2D eigenvalue weighted by molar-refractivity contribution is 0.0197. The second kappa shape index (κ2) is 9.74. The van der Waals surface area contributed by atoms with E-state index in [2.05, 4.69) is 9.88 Å². The fraction of sp³-hybridized carbons (Fsp3) is 0.318. The van der Waals surface area contributed by atoms with Gasteiger partial charge < -0.3 is 9.47 Å². The van der Waals surface area contributed by atoms with Gasteiger partial charge >= 0.3 is 5.97 Å². The van der Waals surface area contributed by atoms with Crippen LogP contribution in [0.15, 0.2) is 35.3 Å². The number of benzene rings is 1. The van der Waals surface area contributed by atoms with E-state index < -0.39 is 11.5 Å². The molecule has 3 aromatic rings. The van der Waals surface area contributed by atoms with Gasteiger partial charge in [0.05, 0.1) is 18.9 Å². The van der Waals surface area contributed by atoms with E-state index in [0.717, 1.165) is 35.6 Å². The number of carbonyl (C=O) groups is 1. The molecule has 31 heavy (non-hydrogen) atoms. The highest BCUT2D eigenvalue weighted by atomic mass is 35.5. The minimum absolute atomic E-state index is 0.00682. The van der Waals surface area contributed by atoms with E-state index >= 15 is 0 Å². The van der Waals surface area contributed by atoms with Crippen LogP contribution in [-0.2, 0) is 9.47 Å². The molecule has 0 unspecified atom stereocenters. The van der Waals surface area contributed by atoms with E-state index in [-0.39, 0.29) is 11.6 Å². The summed E-state index contributed by atoms with van der Waals surface area (Å²) in [6.07, 6.45) is 5.02. The first-order chi connectivity index (χ1) is 15.0. The zero-order chi connectivity index (χ0) is 21.8. The van der Waals surface area contributed by atoms with Gasteiger partial charge in [0, 0.05) is 25.8 Å². The van der Waals surface area contributed by atoms with Gasteiger partial charge in [-0.05, 0) is 24.1 Å². The molecule has 4 rings (SSSR count). The fourth-order valence-corrected chi connectivity index (χ4v) is 4.32. The number of esters is 1. The molecule has 1 aliphatic rings. The Morgan fingerprint density at radius 2 is 2.06 bits per heavy atom. The number of carbonyl (C=O) groups excluding carboxylic acids is 1. The maximum atomic E-state index is 12.7.